The molecule has 2 aliphatic heterocycles. The van der Waals surface area contributed by atoms with Crippen molar-refractivity contribution < 1.29 is 8.42 Å². The van der Waals surface area contributed by atoms with Gasteiger partial charge < -0.3 is 5.32 Å². The molecule has 5 nitrogen and oxygen atoms in total. The molecule has 0 aromatic rings. The predicted octanol–water partition coefficient (Wildman–Crippen LogP) is 1.08. The number of piperidine rings is 2. The third kappa shape index (κ3) is 3.90. The number of rotatable bonds is 4. The Morgan fingerprint density at radius 2 is 2.00 bits per heavy atom. The van der Waals surface area contributed by atoms with Crippen LogP contribution in [0.4, 0.5) is 0 Å². The second-order valence-corrected chi connectivity index (χ2v) is 8.05. The van der Waals surface area contributed by atoms with E-state index in [2.05, 4.69) is 17.0 Å². The van der Waals surface area contributed by atoms with Crippen LogP contribution < -0.4 is 10.0 Å². The number of hydrogen-bond acceptors (Lipinski definition) is 3. The van der Waals surface area contributed by atoms with Crippen molar-refractivity contribution in [3.63, 3.8) is 0 Å². The summed E-state index contributed by atoms with van der Waals surface area (Å²) in [5, 5.41) is 3.32. The van der Waals surface area contributed by atoms with Crippen LogP contribution >= 0.6 is 0 Å². The van der Waals surface area contributed by atoms with Gasteiger partial charge in [-0.3, -0.25) is 0 Å². The molecule has 2 rings (SSSR count). The van der Waals surface area contributed by atoms with E-state index in [4.69, 9.17) is 0 Å². The summed E-state index contributed by atoms with van der Waals surface area (Å²) in [7, 11) is -3.31. The summed E-state index contributed by atoms with van der Waals surface area (Å²) in [6.45, 7) is 7.37. The highest BCUT2D eigenvalue weighted by molar-refractivity contribution is 7.87. The predicted molar refractivity (Wildman–Crippen MR) is 77.2 cm³/mol. The SMILES string of the molecule is CC1CCCCN1S(=O)(=O)NCC1(C)CCNCC1. The van der Waals surface area contributed by atoms with Crippen molar-refractivity contribution in [2.75, 3.05) is 26.2 Å². The van der Waals surface area contributed by atoms with Crippen LogP contribution in [0.5, 0.6) is 0 Å². The molecule has 0 amide bonds. The molecular formula is C13H27N3O2S. The normalized spacial score (nSPS) is 29.3. The first-order valence-corrected chi connectivity index (χ1v) is 8.84. The molecule has 1 unspecified atom stereocenters. The Morgan fingerprint density at radius 1 is 1.32 bits per heavy atom. The standard InChI is InChI=1S/C13H27N3O2S/c1-12-5-3-4-10-16(12)19(17,18)15-11-13(2)6-8-14-9-7-13/h12,14-15H,3-11H2,1-2H3. The van der Waals surface area contributed by atoms with Crippen molar-refractivity contribution in [3.8, 4) is 0 Å². The van der Waals surface area contributed by atoms with E-state index in [1.54, 1.807) is 4.31 Å². The highest BCUT2D eigenvalue weighted by atomic mass is 32.2. The third-order valence-electron chi connectivity index (χ3n) is 4.54. The van der Waals surface area contributed by atoms with Crippen LogP contribution in [0, 0.1) is 5.41 Å². The highest BCUT2D eigenvalue weighted by Crippen LogP contribution is 2.27. The van der Waals surface area contributed by atoms with Crippen molar-refractivity contribution in [1.82, 2.24) is 14.3 Å². The van der Waals surface area contributed by atoms with Gasteiger partial charge in [0.25, 0.3) is 10.2 Å². The van der Waals surface area contributed by atoms with Crippen molar-refractivity contribution >= 4 is 10.2 Å². The van der Waals surface area contributed by atoms with Crippen LogP contribution in [0.15, 0.2) is 0 Å². The number of nitrogens with one attached hydrogen (secondary N) is 2. The molecule has 0 radical (unpaired) electrons. The van der Waals surface area contributed by atoms with E-state index in [9.17, 15) is 8.42 Å². The minimum Gasteiger partial charge on any atom is -0.317 e. The summed E-state index contributed by atoms with van der Waals surface area (Å²) in [6.07, 6.45) is 5.15. The Bertz CT molecular complexity index is 391. The first-order chi connectivity index (χ1) is 8.93. The molecule has 0 aliphatic carbocycles. The van der Waals surface area contributed by atoms with Crippen LogP contribution in [-0.2, 0) is 10.2 Å². The summed E-state index contributed by atoms with van der Waals surface area (Å²) >= 11 is 0. The lowest BCUT2D eigenvalue weighted by Gasteiger charge is -2.36. The molecule has 0 aromatic heterocycles. The highest BCUT2D eigenvalue weighted by Gasteiger charge is 2.33. The Kier molecular flexibility index (Phi) is 4.87. The van der Waals surface area contributed by atoms with E-state index in [1.165, 1.54) is 0 Å². The molecule has 2 aliphatic rings. The molecule has 0 aromatic carbocycles. The van der Waals surface area contributed by atoms with Gasteiger partial charge in [0.2, 0.25) is 0 Å². The van der Waals surface area contributed by atoms with E-state index in [-0.39, 0.29) is 11.5 Å². The van der Waals surface area contributed by atoms with Crippen molar-refractivity contribution in [3.05, 3.63) is 0 Å². The molecule has 112 valence electrons. The number of hydrogen-bond donors (Lipinski definition) is 2. The van der Waals surface area contributed by atoms with Crippen LogP contribution in [0.2, 0.25) is 0 Å². The largest absolute Gasteiger partial charge is 0.317 e. The van der Waals surface area contributed by atoms with E-state index < -0.39 is 10.2 Å². The second-order valence-electron chi connectivity index (χ2n) is 6.34. The maximum Gasteiger partial charge on any atom is 0.279 e. The fraction of sp³-hybridized carbons (Fsp3) is 1.00. The summed E-state index contributed by atoms with van der Waals surface area (Å²) < 4.78 is 29.2. The van der Waals surface area contributed by atoms with Gasteiger partial charge in [-0.25, -0.2) is 4.72 Å². The molecule has 2 fully saturated rings. The van der Waals surface area contributed by atoms with E-state index in [1.807, 2.05) is 6.92 Å². The quantitative estimate of drug-likeness (QED) is 0.814. The van der Waals surface area contributed by atoms with Gasteiger partial charge in [-0.1, -0.05) is 13.3 Å². The second kappa shape index (κ2) is 6.08. The van der Waals surface area contributed by atoms with Gasteiger partial charge in [0.15, 0.2) is 0 Å². The van der Waals surface area contributed by atoms with Crippen molar-refractivity contribution in [1.29, 1.82) is 0 Å². The first-order valence-electron chi connectivity index (χ1n) is 7.40. The van der Waals surface area contributed by atoms with Gasteiger partial charge in [0.1, 0.15) is 0 Å². The Hall–Kier alpha value is -0.170. The zero-order valence-corrected chi connectivity index (χ0v) is 12.9. The summed E-state index contributed by atoms with van der Waals surface area (Å²) in [5.41, 5.74) is 0.0946. The molecule has 2 saturated heterocycles. The monoisotopic (exact) mass is 289 g/mol. The lowest BCUT2D eigenvalue weighted by atomic mass is 9.81. The molecule has 0 spiro atoms. The first kappa shape index (κ1) is 15.2. The zero-order chi connectivity index (χ0) is 13.9. The van der Waals surface area contributed by atoms with Crippen molar-refractivity contribution in [2.24, 2.45) is 5.41 Å². The lowest BCUT2D eigenvalue weighted by molar-refractivity contribution is 0.224. The average Bonchev–Trinajstić information content (AvgIpc) is 2.38. The Labute approximate surface area is 117 Å². The molecule has 1 atom stereocenters. The zero-order valence-electron chi connectivity index (χ0n) is 12.1. The van der Waals surface area contributed by atoms with Gasteiger partial charge in [-0.2, -0.15) is 12.7 Å². The summed E-state index contributed by atoms with van der Waals surface area (Å²) in [5.74, 6) is 0. The van der Waals surface area contributed by atoms with E-state index >= 15 is 0 Å². The van der Waals surface area contributed by atoms with Gasteiger partial charge in [0, 0.05) is 19.1 Å². The molecule has 6 heteroatoms. The van der Waals surface area contributed by atoms with E-state index in [0.717, 1.165) is 45.2 Å². The van der Waals surface area contributed by atoms with Crippen LogP contribution in [0.1, 0.15) is 46.0 Å². The minimum absolute atomic E-state index is 0.0946. The van der Waals surface area contributed by atoms with Crippen molar-refractivity contribution in [2.45, 2.75) is 52.0 Å². The topological polar surface area (TPSA) is 61.4 Å². The van der Waals surface area contributed by atoms with Crippen LogP contribution in [0.3, 0.4) is 0 Å². The Morgan fingerprint density at radius 3 is 2.63 bits per heavy atom. The molecule has 19 heavy (non-hydrogen) atoms. The fourth-order valence-electron chi connectivity index (χ4n) is 2.98. The van der Waals surface area contributed by atoms with Gasteiger partial charge in [0.05, 0.1) is 0 Å². The molecular weight excluding hydrogens is 262 g/mol. The molecule has 2 heterocycles. The third-order valence-corrected chi connectivity index (χ3v) is 6.21. The van der Waals surface area contributed by atoms with Gasteiger partial charge in [-0.05, 0) is 51.1 Å². The van der Waals surface area contributed by atoms with Crippen LogP contribution in [-0.4, -0.2) is 44.9 Å². The minimum atomic E-state index is -3.31. The van der Waals surface area contributed by atoms with E-state index in [0.29, 0.717) is 13.1 Å². The maximum absolute atomic E-state index is 12.4. The maximum atomic E-state index is 12.4. The van der Waals surface area contributed by atoms with Crippen LogP contribution in [0.25, 0.3) is 0 Å². The lowest BCUT2D eigenvalue weighted by Crippen LogP contribution is -2.51. The summed E-state index contributed by atoms with van der Waals surface area (Å²) in [4.78, 5) is 0. The Balaban J connectivity index is 1.93. The smallest absolute Gasteiger partial charge is 0.279 e. The van der Waals surface area contributed by atoms with Gasteiger partial charge >= 0.3 is 0 Å². The average molecular weight is 289 g/mol. The molecule has 0 saturated carbocycles. The molecule has 2 N–H and O–H groups in total. The summed E-state index contributed by atoms with van der Waals surface area (Å²) in [6, 6.07) is 0.132. The molecule has 0 bridgehead atoms. The fourth-order valence-corrected chi connectivity index (χ4v) is 4.63. The van der Waals surface area contributed by atoms with Gasteiger partial charge in [-0.15, -0.1) is 0 Å². The number of nitrogens with zero attached hydrogens (tertiary/aromatic N) is 1.